The Kier molecular flexibility index (Phi) is 6.44. The molecule has 2 N–H and O–H groups in total. The second-order valence-electron chi connectivity index (χ2n) is 10.1. The van der Waals surface area contributed by atoms with Gasteiger partial charge in [0.1, 0.15) is 11.7 Å². The zero-order chi connectivity index (χ0) is 22.0. The first-order chi connectivity index (χ1) is 14.8. The second kappa shape index (κ2) is 9.09. The van der Waals surface area contributed by atoms with Gasteiger partial charge in [-0.3, -0.25) is 4.79 Å². The van der Waals surface area contributed by atoms with E-state index in [2.05, 4.69) is 66.9 Å². The molecule has 7 nitrogen and oxygen atoms in total. The van der Waals surface area contributed by atoms with Crippen LogP contribution in [0, 0.1) is 11.8 Å². The van der Waals surface area contributed by atoms with Crippen LogP contribution in [0.3, 0.4) is 0 Å². The first-order valence-electron chi connectivity index (χ1n) is 11.5. The van der Waals surface area contributed by atoms with Gasteiger partial charge in [-0.25, -0.2) is 4.68 Å². The third kappa shape index (κ3) is 4.99. The van der Waals surface area contributed by atoms with Crippen LogP contribution < -0.4 is 10.2 Å². The standard InChI is InChI=1S/C24H35N5O2/c1-24(2,3)19-7-5-17(6-8-19)22-16-29(27-26-22)14-20-13-18-9-11-28(20)15-21(18)23(30)25-10-12-31-4/h5-8,16,18,20-21H,9-15H2,1-4H3,(H,25,30)/p+1/t18-,20+,21-/m0/s1. The Morgan fingerprint density at radius 3 is 2.71 bits per heavy atom. The molecule has 3 aliphatic heterocycles. The van der Waals surface area contributed by atoms with Crippen LogP contribution in [0.5, 0.6) is 0 Å². The molecule has 3 aliphatic rings. The molecular weight excluding hydrogens is 390 g/mol. The summed E-state index contributed by atoms with van der Waals surface area (Å²) in [6, 6.07) is 9.14. The minimum absolute atomic E-state index is 0.129. The molecule has 0 aliphatic carbocycles. The number of rotatable bonds is 7. The number of fused-ring (bicyclic) bond motifs is 3. The summed E-state index contributed by atoms with van der Waals surface area (Å²) in [7, 11) is 1.66. The second-order valence-corrected chi connectivity index (χ2v) is 10.1. The van der Waals surface area contributed by atoms with Crippen molar-refractivity contribution < 1.29 is 14.4 Å². The minimum atomic E-state index is 0.129. The molecule has 7 heteroatoms. The lowest BCUT2D eigenvalue weighted by Gasteiger charge is -2.46. The number of hydrogen-bond acceptors (Lipinski definition) is 4. The van der Waals surface area contributed by atoms with Crippen molar-refractivity contribution >= 4 is 5.91 Å². The highest BCUT2D eigenvalue weighted by atomic mass is 16.5. The summed E-state index contributed by atoms with van der Waals surface area (Å²) in [5, 5.41) is 11.9. The molecule has 3 fully saturated rings. The van der Waals surface area contributed by atoms with Crippen LogP contribution in [0.25, 0.3) is 11.3 Å². The molecule has 31 heavy (non-hydrogen) atoms. The summed E-state index contributed by atoms with van der Waals surface area (Å²) in [6.07, 6.45) is 4.27. The molecule has 2 bridgehead atoms. The van der Waals surface area contributed by atoms with Crippen LogP contribution in [0.4, 0.5) is 0 Å². The smallest absolute Gasteiger partial charge is 0.229 e. The number of piperidine rings is 3. The summed E-state index contributed by atoms with van der Waals surface area (Å²) in [5.41, 5.74) is 3.48. The summed E-state index contributed by atoms with van der Waals surface area (Å²) in [4.78, 5) is 14.1. The Hall–Kier alpha value is -2.25. The third-order valence-electron chi connectivity index (χ3n) is 6.99. The normalized spacial score (nSPS) is 25.5. The number of benzene rings is 1. The molecule has 2 aromatic rings. The third-order valence-corrected chi connectivity index (χ3v) is 6.99. The van der Waals surface area contributed by atoms with Gasteiger partial charge in [0.05, 0.1) is 38.4 Å². The molecule has 0 saturated carbocycles. The molecule has 168 valence electrons. The summed E-state index contributed by atoms with van der Waals surface area (Å²) in [6.45, 7) is 10.8. The molecule has 3 saturated heterocycles. The predicted octanol–water partition coefficient (Wildman–Crippen LogP) is 1.30. The van der Waals surface area contributed by atoms with E-state index in [-0.39, 0.29) is 17.2 Å². The highest BCUT2D eigenvalue weighted by Crippen LogP contribution is 2.28. The molecule has 4 atom stereocenters. The van der Waals surface area contributed by atoms with Crippen LogP contribution >= 0.6 is 0 Å². The van der Waals surface area contributed by atoms with Crippen molar-refractivity contribution in [2.24, 2.45) is 11.8 Å². The predicted molar refractivity (Wildman–Crippen MR) is 120 cm³/mol. The number of amides is 1. The number of hydrogen-bond donors (Lipinski definition) is 2. The average molecular weight is 427 g/mol. The van der Waals surface area contributed by atoms with Crippen molar-refractivity contribution in [2.45, 2.75) is 51.6 Å². The van der Waals surface area contributed by atoms with Crippen molar-refractivity contribution in [1.82, 2.24) is 20.3 Å². The van der Waals surface area contributed by atoms with E-state index in [1.165, 1.54) is 10.5 Å². The van der Waals surface area contributed by atoms with Gasteiger partial charge in [0.2, 0.25) is 5.91 Å². The van der Waals surface area contributed by atoms with Gasteiger partial charge in [-0.05, 0) is 16.9 Å². The molecule has 0 radical (unpaired) electrons. The Balaban J connectivity index is 1.36. The number of nitrogens with zero attached hydrogens (tertiary/aromatic N) is 3. The Labute approximate surface area is 185 Å². The van der Waals surface area contributed by atoms with Gasteiger partial charge in [0.15, 0.2) is 0 Å². The highest BCUT2D eigenvalue weighted by Gasteiger charge is 2.46. The molecule has 1 aromatic heterocycles. The zero-order valence-corrected chi connectivity index (χ0v) is 19.2. The fourth-order valence-electron chi connectivity index (χ4n) is 5.11. The molecule has 5 rings (SSSR count). The van der Waals surface area contributed by atoms with Gasteiger partial charge in [0, 0.05) is 32.1 Å². The van der Waals surface area contributed by atoms with Gasteiger partial charge in [0.25, 0.3) is 0 Å². The van der Waals surface area contributed by atoms with Crippen LogP contribution in [0.2, 0.25) is 0 Å². The van der Waals surface area contributed by atoms with Gasteiger partial charge in [-0.15, -0.1) is 5.10 Å². The van der Waals surface area contributed by atoms with Gasteiger partial charge in [-0.1, -0.05) is 50.3 Å². The highest BCUT2D eigenvalue weighted by molar-refractivity contribution is 5.79. The molecule has 1 unspecified atom stereocenters. The number of nitrogens with one attached hydrogen (secondary N) is 2. The maximum Gasteiger partial charge on any atom is 0.229 e. The fraction of sp³-hybridized carbons (Fsp3) is 0.625. The lowest BCUT2D eigenvalue weighted by Crippen LogP contribution is -3.20. The van der Waals surface area contributed by atoms with Crippen LogP contribution in [0.1, 0.15) is 39.2 Å². The number of carbonyl (C=O) groups is 1. The van der Waals surface area contributed by atoms with Crippen molar-refractivity contribution in [3.05, 3.63) is 36.0 Å². The molecule has 0 spiro atoms. The quantitative estimate of drug-likeness (QED) is 0.655. The minimum Gasteiger partial charge on any atom is -0.383 e. The molecule has 1 amide bonds. The average Bonchev–Trinajstić information content (AvgIpc) is 3.22. The van der Waals surface area contributed by atoms with E-state index in [4.69, 9.17) is 4.74 Å². The van der Waals surface area contributed by atoms with E-state index in [0.29, 0.717) is 25.1 Å². The molecular formula is C24H36N5O2+. The van der Waals surface area contributed by atoms with Gasteiger partial charge < -0.3 is 15.0 Å². The van der Waals surface area contributed by atoms with E-state index >= 15 is 0 Å². The van der Waals surface area contributed by atoms with E-state index in [9.17, 15) is 4.79 Å². The van der Waals surface area contributed by atoms with Crippen LogP contribution in [-0.2, 0) is 21.5 Å². The lowest BCUT2D eigenvalue weighted by atomic mass is 9.75. The summed E-state index contributed by atoms with van der Waals surface area (Å²) < 4.78 is 7.03. The molecule has 4 heterocycles. The lowest BCUT2D eigenvalue weighted by molar-refractivity contribution is -0.945. The van der Waals surface area contributed by atoms with Gasteiger partial charge >= 0.3 is 0 Å². The van der Waals surface area contributed by atoms with Crippen molar-refractivity contribution in [1.29, 1.82) is 0 Å². The van der Waals surface area contributed by atoms with Crippen LogP contribution in [0.15, 0.2) is 30.5 Å². The first-order valence-corrected chi connectivity index (χ1v) is 11.5. The topological polar surface area (TPSA) is 73.5 Å². The van der Waals surface area contributed by atoms with Crippen LogP contribution in [-0.4, -0.2) is 60.3 Å². The zero-order valence-electron chi connectivity index (χ0n) is 19.2. The van der Waals surface area contributed by atoms with Crippen molar-refractivity contribution in [3.63, 3.8) is 0 Å². The number of quaternary nitrogens is 1. The Morgan fingerprint density at radius 1 is 1.29 bits per heavy atom. The number of aromatic nitrogens is 3. The maximum atomic E-state index is 12.6. The van der Waals surface area contributed by atoms with E-state index in [1.54, 1.807) is 7.11 Å². The largest absolute Gasteiger partial charge is 0.383 e. The van der Waals surface area contributed by atoms with Crippen molar-refractivity contribution in [3.8, 4) is 11.3 Å². The maximum absolute atomic E-state index is 12.6. The summed E-state index contributed by atoms with van der Waals surface area (Å²) >= 11 is 0. The number of carbonyl (C=O) groups excluding carboxylic acids is 1. The van der Waals surface area contributed by atoms with Crippen molar-refractivity contribution in [2.75, 3.05) is 33.4 Å². The SMILES string of the molecule is COCCNC(=O)[C@H]1C[NH+]2CC[C@H]1C[C@@H]2Cn1cc(-c2ccc(C(C)(C)C)cc2)nn1. The number of ether oxygens (including phenoxy) is 1. The first kappa shape index (κ1) is 22.0. The number of methoxy groups -OCH3 is 1. The van der Waals surface area contributed by atoms with E-state index < -0.39 is 0 Å². The Bertz CT molecular complexity index is 886. The summed E-state index contributed by atoms with van der Waals surface area (Å²) in [5.74, 6) is 0.793. The molecule has 1 aromatic carbocycles. The monoisotopic (exact) mass is 426 g/mol. The fourth-order valence-corrected chi connectivity index (χ4v) is 5.11. The van der Waals surface area contributed by atoms with Gasteiger partial charge in [-0.2, -0.15) is 0 Å². The van der Waals surface area contributed by atoms with E-state index in [1.807, 2.05) is 4.68 Å². The van der Waals surface area contributed by atoms with E-state index in [0.717, 1.165) is 43.7 Å². The Morgan fingerprint density at radius 2 is 2.06 bits per heavy atom.